The van der Waals surface area contributed by atoms with Crippen LogP contribution in [-0.4, -0.2) is 22.4 Å². The van der Waals surface area contributed by atoms with Crippen molar-refractivity contribution >= 4 is 0 Å². The van der Waals surface area contributed by atoms with Crippen LogP contribution in [-0.2, 0) is 13.5 Å². The number of aryl methyl sites for hydroxylation is 1. The Hall–Kier alpha value is -0.830. The molecule has 4 rings (SSSR count). The number of rotatable bonds is 5. The zero-order valence-electron chi connectivity index (χ0n) is 12.0. The minimum atomic E-state index is 0.688. The van der Waals surface area contributed by atoms with Crippen molar-refractivity contribution in [2.45, 2.75) is 38.6 Å². The van der Waals surface area contributed by atoms with E-state index in [1.54, 1.807) is 6.42 Å². The van der Waals surface area contributed by atoms with Crippen LogP contribution in [0.15, 0.2) is 12.4 Å². The first-order valence-corrected chi connectivity index (χ1v) is 7.99. The number of hydrogen-bond donors (Lipinski definition) is 1. The Kier molecular flexibility index (Phi) is 2.73. The van der Waals surface area contributed by atoms with Gasteiger partial charge in [-0.15, -0.1) is 0 Å². The van der Waals surface area contributed by atoms with Crippen molar-refractivity contribution in [3.63, 3.8) is 0 Å². The van der Waals surface area contributed by atoms with E-state index >= 15 is 0 Å². The van der Waals surface area contributed by atoms with Gasteiger partial charge < -0.3 is 5.32 Å². The third-order valence-corrected chi connectivity index (χ3v) is 5.94. The Bertz CT molecular complexity index is 450. The Morgan fingerprint density at radius 3 is 2.68 bits per heavy atom. The molecule has 2 bridgehead atoms. The summed E-state index contributed by atoms with van der Waals surface area (Å²) in [7, 11) is 2.01. The molecule has 3 aliphatic rings. The molecule has 3 saturated carbocycles. The summed E-state index contributed by atoms with van der Waals surface area (Å²) >= 11 is 0. The van der Waals surface area contributed by atoms with Gasteiger partial charge in [-0.3, -0.25) is 4.68 Å². The number of nitrogens with one attached hydrogen (secondary N) is 1. The van der Waals surface area contributed by atoms with Gasteiger partial charge in [-0.25, -0.2) is 0 Å². The highest BCUT2D eigenvalue weighted by Crippen LogP contribution is 2.70. The molecular formula is C16H25N3. The molecule has 0 radical (unpaired) electrons. The summed E-state index contributed by atoms with van der Waals surface area (Å²) in [5.74, 6) is 5.26. The smallest absolute Gasteiger partial charge is 0.0522 e. The fourth-order valence-corrected chi connectivity index (χ4v) is 5.37. The van der Waals surface area contributed by atoms with Gasteiger partial charge in [-0.05, 0) is 67.4 Å². The molecule has 5 unspecified atom stereocenters. The van der Waals surface area contributed by atoms with Crippen molar-refractivity contribution in [1.82, 2.24) is 15.1 Å². The lowest BCUT2D eigenvalue weighted by molar-refractivity contribution is 0.365. The lowest BCUT2D eigenvalue weighted by Crippen LogP contribution is -2.35. The van der Waals surface area contributed by atoms with Crippen LogP contribution in [0.1, 0.15) is 31.7 Å². The molecule has 1 heterocycles. The van der Waals surface area contributed by atoms with E-state index in [1.807, 2.05) is 17.9 Å². The third kappa shape index (κ3) is 1.85. The second-order valence-electron chi connectivity index (χ2n) is 6.96. The zero-order valence-corrected chi connectivity index (χ0v) is 12.0. The summed E-state index contributed by atoms with van der Waals surface area (Å²) in [6.07, 6.45) is 9.98. The van der Waals surface area contributed by atoms with Crippen LogP contribution in [0.4, 0.5) is 0 Å². The zero-order chi connectivity index (χ0) is 13.0. The van der Waals surface area contributed by atoms with Gasteiger partial charge in [0, 0.05) is 19.3 Å². The Balaban J connectivity index is 1.47. The lowest BCUT2D eigenvalue weighted by atomic mass is 9.94. The van der Waals surface area contributed by atoms with E-state index < -0.39 is 0 Å². The maximum absolute atomic E-state index is 4.31. The molecule has 0 spiro atoms. The monoisotopic (exact) mass is 259 g/mol. The van der Waals surface area contributed by atoms with Crippen molar-refractivity contribution in [3.8, 4) is 0 Å². The molecule has 1 N–H and O–H groups in total. The molecule has 0 amide bonds. The van der Waals surface area contributed by atoms with Gasteiger partial charge in [0.05, 0.1) is 6.20 Å². The Morgan fingerprint density at radius 1 is 1.37 bits per heavy atom. The van der Waals surface area contributed by atoms with Crippen LogP contribution < -0.4 is 5.32 Å². The van der Waals surface area contributed by atoms with Crippen LogP contribution in [0.2, 0.25) is 0 Å². The van der Waals surface area contributed by atoms with Crippen LogP contribution in [0, 0.1) is 29.6 Å². The minimum absolute atomic E-state index is 0.688. The molecule has 1 aromatic heterocycles. The van der Waals surface area contributed by atoms with E-state index in [9.17, 15) is 0 Å². The third-order valence-electron chi connectivity index (χ3n) is 5.94. The SMILES string of the molecule is CCNC(Cc1cnn(C)c1)C1C2C3CCC(C3)C21. The normalized spacial score (nSPS) is 40.4. The first kappa shape index (κ1) is 12.0. The van der Waals surface area contributed by atoms with E-state index in [0.29, 0.717) is 6.04 Å². The van der Waals surface area contributed by atoms with Crippen molar-refractivity contribution < 1.29 is 0 Å². The predicted molar refractivity (Wildman–Crippen MR) is 75.7 cm³/mol. The van der Waals surface area contributed by atoms with E-state index in [4.69, 9.17) is 0 Å². The molecule has 5 atom stereocenters. The molecule has 3 aliphatic carbocycles. The number of fused-ring (bicyclic) bond motifs is 5. The standard InChI is InChI=1S/C16H25N3/c1-3-17-13(6-10-8-18-19(2)9-10)16-14-11-4-5-12(7-11)15(14)16/h8-9,11-17H,3-7H2,1-2H3. The molecule has 0 aliphatic heterocycles. The summed E-state index contributed by atoms with van der Waals surface area (Å²) in [6, 6.07) is 0.688. The van der Waals surface area contributed by atoms with Crippen molar-refractivity contribution in [2.24, 2.45) is 36.6 Å². The molecule has 0 saturated heterocycles. The van der Waals surface area contributed by atoms with Crippen molar-refractivity contribution in [1.29, 1.82) is 0 Å². The Labute approximate surface area is 115 Å². The first-order chi connectivity index (χ1) is 9.28. The second-order valence-corrected chi connectivity index (χ2v) is 6.96. The highest BCUT2D eigenvalue weighted by atomic mass is 15.2. The Morgan fingerprint density at radius 2 is 2.11 bits per heavy atom. The molecule has 3 heteroatoms. The minimum Gasteiger partial charge on any atom is -0.314 e. The van der Waals surface area contributed by atoms with Crippen LogP contribution in [0.3, 0.4) is 0 Å². The molecule has 19 heavy (non-hydrogen) atoms. The maximum Gasteiger partial charge on any atom is 0.0522 e. The van der Waals surface area contributed by atoms with Gasteiger partial charge in [0.25, 0.3) is 0 Å². The largest absolute Gasteiger partial charge is 0.314 e. The number of aromatic nitrogens is 2. The average Bonchev–Trinajstić information content (AvgIpc) is 2.74. The first-order valence-electron chi connectivity index (χ1n) is 7.99. The van der Waals surface area contributed by atoms with Gasteiger partial charge in [-0.2, -0.15) is 5.10 Å². The van der Waals surface area contributed by atoms with Gasteiger partial charge in [-0.1, -0.05) is 6.92 Å². The summed E-state index contributed by atoms with van der Waals surface area (Å²) in [6.45, 7) is 3.33. The van der Waals surface area contributed by atoms with E-state index in [1.165, 1.54) is 24.8 Å². The molecular weight excluding hydrogens is 234 g/mol. The van der Waals surface area contributed by atoms with E-state index in [0.717, 1.165) is 36.1 Å². The highest BCUT2D eigenvalue weighted by molar-refractivity contribution is 5.18. The summed E-state index contributed by atoms with van der Waals surface area (Å²) < 4.78 is 1.93. The average molecular weight is 259 g/mol. The summed E-state index contributed by atoms with van der Waals surface area (Å²) in [5, 5.41) is 8.08. The van der Waals surface area contributed by atoms with E-state index in [2.05, 4.69) is 23.5 Å². The molecule has 1 aromatic rings. The molecule has 0 aromatic carbocycles. The van der Waals surface area contributed by atoms with Crippen molar-refractivity contribution in [2.75, 3.05) is 6.54 Å². The van der Waals surface area contributed by atoms with Gasteiger partial charge >= 0.3 is 0 Å². The van der Waals surface area contributed by atoms with Gasteiger partial charge in [0.1, 0.15) is 0 Å². The predicted octanol–water partition coefficient (Wildman–Crippen LogP) is 2.23. The summed E-state index contributed by atoms with van der Waals surface area (Å²) in [4.78, 5) is 0. The van der Waals surface area contributed by atoms with Crippen LogP contribution >= 0.6 is 0 Å². The number of hydrogen-bond acceptors (Lipinski definition) is 2. The van der Waals surface area contributed by atoms with E-state index in [-0.39, 0.29) is 0 Å². The lowest BCUT2D eigenvalue weighted by Gasteiger charge is -2.20. The second kappa shape index (κ2) is 4.34. The van der Waals surface area contributed by atoms with Crippen LogP contribution in [0.25, 0.3) is 0 Å². The fourth-order valence-electron chi connectivity index (χ4n) is 5.37. The topological polar surface area (TPSA) is 29.9 Å². The number of likely N-dealkylation sites (N-methyl/N-ethyl adjacent to an activating group) is 1. The quantitative estimate of drug-likeness (QED) is 0.879. The van der Waals surface area contributed by atoms with Gasteiger partial charge in [0.2, 0.25) is 0 Å². The maximum atomic E-state index is 4.31. The van der Waals surface area contributed by atoms with Gasteiger partial charge in [0.15, 0.2) is 0 Å². The number of nitrogens with zero attached hydrogens (tertiary/aromatic N) is 2. The van der Waals surface area contributed by atoms with Crippen LogP contribution in [0.5, 0.6) is 0 Å². The molecule has 3 nitrogen and oxygen atoms in total. The summed E-state index contributed by atoms with van der Waals surface area (Å²) in [5.41, 5.74) is 1.39. The fraction of sp³-hybridized carbons (Fsp3) is 0.812. The highest BCUT2D eigenvalue weighted by Gasteiger charge is 2.66. The molecule has 104 valence electrons. The van der Waals surface area contributed by atoms with Crippen molar-refractivity contribution in [3.05, 3.63) is 18.0 Å². The molecule has 3 fully saturated rings.